The summed E-state index contributed by atoms with van der Waals surface area (Å²) in [6.07, 6.45) is 25.6. The molecule has 1 rings (SSSR count). The van der Waals surface area contributed by atoms with E-state index in [2.05, 4.69) is 17.5 Å². The smallest absolute Gasteiger partial charge is 0.240 e. The van der Waals surface area contributed by atoms with Gasteiger partial charge in [0.2, 0.25) is 5.91 Å². The first-order valence-corrected chi connectivity index (χ1v) is 11.7. The maximum Gasteiger partial charge on any atom is 0.240 e. The van der Waals surface area contributed by atoms with Gasteiger partial charge in [-0.25, -0.2) is 5.43 Å². The second kappa shape index (κ2) is 17.5. The van der Waals surface area contributed by atoms with Crippen molar-refractivity contribution in [1.82, 2.24) is 5.43 Å². The number of unbranched alkanes of at least 4 members (excludes halogenated alkanes) is 14. The molecular weight excluding hydrogens is 320 g/mol. The van der Waals surface area contributed by atoms with E-state index >= 15 is 0 Å². The SMILES string of the molecule is CCCCCCCCCCCCCCCCCC(=O)NN=C1CCCC1. The third-order valence-corrected chi connectivity index (χ3v) is 5.53. The first-order valence-electron chi connectivity index (χ1n) is 11.7. The highest BCUT2D eigenvalue weighted by molar-refractivity contribution is 5.87. The molecule has 0 bridgehead atoms. The monoisotopic (exact) mass is 364 g/mol. The normalized spacial score (nSPS) is 14.0. The van der Waals surface area contributed by atoms with E-state index in [1.165, 1.54) is 108 Å². The Labute approximate surface area is 162 Å². The molecule has 0 aromatic rings. The predicted molar refractivity (Wildman–Crippen MR) is 114 cm³/mol. The minimum absolute atomic E-state index is 0.0964. The molecular formula is C23H44N2O. The zero-order valence-electron chi connectivity index (χ0n) is 17.5. The van der Waals surface area contributed by atoms with Crippen LogP contribution in [0.25, 0.3) is 0 Å². The molecule has 1 saturated carbocycles. The molecule has 152 valence electrons. The number of nitrogens with zero attached hydrogens (tertiary/aromatic N) is 1. The number of carbonyl (C=O) groups excluding carboxylic acids is 1. The van der Waals surface area contributed by atoms with Gasteiger partial charge in [0.05, 0.1) is 0 Å². The number of hydrogen-bond acceptors (Lipinski definition) is 2. The van der Waals surface area contributed by atoms with Crippen molar-refractivity contribution in [2.45, 2.75) is 135 Å². The summed E-state index contributed by atoms with van der Waals surface area (Å²) in [7, 11) is 0. The summed E-state index contributed by atoms with van der Waals surface area (Å²) >= 11 is 0. The number of rotatable bonds is 17. The molecule has 0 saturated heterocycles. The average molecular weight is 365 g/mol. The second-order valence-electron chi connectivity index (χ2n) is 8.12. The molecule has 0 aliphatic heterocycles. The highest BCUT2D eigenvalue weighted by atomic mass is 16.2. The van der Waals surface area contributed by atoms with Gasteiger partial charge in [-0.3, -0.25) is 4.79 Å². The molecule has 0 radical (unpaired) electrons. The summed E-state index contributed by atoms with van der Waals surface area (Å²) in [6.45, 7) is 2.28. The number of hydrazone groups is 1. The molecule has 0 heterocycles. The van der Waals surface area contributed by atoms with Crippen LogP contribution in [0.2, 0.25) is 0 Å². The van der Waals surface area contributed by atoms with Gasteiger partial charge in [0.1, 0.15) is 0 Å². The van der Waals surface area contributed by atoms with Gasteiger partial charge in [-0.15, -0.1) is 0 Å². The molecule has 3 heteroatoms. The van der Waals surface area contributed by atoms with Crippen molar-refractivity contribution in [1.29, 1.82) is 0 Å². The maximum absolute atomic E-state index is 11.7. The van der Waals surface area contributed by atoms with Gasteiger partial charge in [-0.1, -0.05) is 96.8 Å². The first-order chi connectivity index (χ1) is 12.8. The van der Waals surface area contributed by atoms with E-state index in [9.17, 15) is 4.79 Å². The van der Waals surface area contributed by atoms with Crippen LogP contribution in [0.15, 0.2) is 5.10 Å². The lowest BCUT2D eigenvalue weighted by Gasteiger charge is -2.04. The molecule has 1 fully saturated rings. The molecule has 1 amide bonds. The van der Waals surface area contributed by atoms with Crippen LogP contribution < -0.4 is 5.43 Å². The molecule has 0 atom stereocenters. The number of amides is 1. The van der Waals surface area contributed by atoms with Gasteiger partial charge in [-0.2, -0.15) is 5.10 Å². The molecule has 3 nitrogen and oxygen atoms in total. The van der Waals surface area contributed by atoms with Gasteiger partial charge < -0.3 is 0 Å². The first kappa shape index (κ1) is 23.2. The lowest BCUT2D eigenvalue weighted by atomic mass is 10.0. The number of nitrogens with one attached hydrogen (secondary N) is 1. The van der Waals surface area contributed by atoms with Crippen molar-refractivity contribution in [3.8, 4) is 0 Å². The van der Waals surface area contributed by atoms with Crippen LogP contribution in [-0.2, 0) is 4.79 Å². The fourth-order valence-corrected chi connectivity index (χ4v) is 3.75. The Kier molecular flexibility index (Phi) is 15.6. The molecule has 1 aliphatic carbocycles. The van der Waals surface area contributed by atoms with E-state index in [-0.39, 0.29) is 5.91 Å². The van der Waals surface area contributed by atoms with E-state index in [1.807, 2.05) is 0 Å². The Hall–Kier alpha value is -0.860. The van der Waals surface area contributed by atoms with Crippen LogP contribution in [0, 0.1) is 0 Å². The van der Waals surface area contributed by atoms with Gasteiger partial charge in [0.25, 0.3) is 0 Å². The zero-order chi connectivity index (χ0) is 18.7. The summed E-state index contributed by atoms with van der Waals surface area (Å²) in [5.74, 6) is 0.0964. The van der Waals surface area contributed by atoms with Crippen LogP contribution in [0.3, 0.4) is 0 Å². The molecule has 1 aliphatic rings. The average Bonchev–Trinajstić information content (AvgIpc) is 3.17. The number of carbonyl (C=O) groups is 1. The van der Waals surface area contributed by atoms with Crippen molar-refractivity contribution < 1.29 is 4.79 Å². The Morgan fingerprint density at radius 1 is 0.731 bits per heavy atom. The lowest BCUT2D eigenvalue weighted by Crippen LogP contribution is -2.18. The van der Waals surface area contributed by atoms with E-state index in [0.29, 0.717) is 6.42 Å². The highest BCUT2D eigenvalue weighted by Crippen LogP contribution is 2.15. The summed E-state index contributed by atoms with van der Waals surface area (Å²) in [6, 6.07) is 0. The van der Waals surface area contributed by atoms with Gasteiger partial charge >= 0.3 is 0 Å². The van der Waals surface area contributed by atoms with Gasteiger partial charge in [0.15, 0.2) is 0 Å². The lowest BCUT2D eigenvalue weighted by molar-refractivity contribution is -0.121. The Morgan fingerprint density at radius 2 is 1.15 bits per heavy atom. The molecule has 1 N–H and O–H groups in total. The Morgan fingerprint density at radius 3 is 1.62 bits per heavy atom. The molecule has 0 spiro atoms. The summed E-state index contributed by atoms with van der Waals surface area (Å²) in [5.41, 5.74) is 3.90. The van der Waals surface area contributed by atoms with Crippen LogP contribution >= 0.6 is 0 Å². The van der Waals surface area contributed by atoms with E-state index in [4.69, 9.17) is 0 Å². The molecule has 0 unspecified atom stereocenters. The third-order valence-electron chi connectivity index (χ3n) is 5.53. The topological polar surface area (TPSA) is 41.5 Å². The van der Waals surface area contributed by atoms with Crippen molar-refractivity contribution in [2.75, 3.05) is 0 Å². The van der Waals surface area contributed by atoms with Crippen LogP contribution in [0.1, 0.15) is 135 Å². The van der Waals surface area contributed by atoms with Crippen molar-refractivity contribution >= 4 is 11.6 Å². The standard InChI is InChI=1S/C23H44N2O/c1-2-3-4-5-6-7-8-9-10-11-12-13-14-15-16-21-23(26)25-24-22-19-17-18-20-22/h2-21H2,1H3,(H,25,26). The largest absolute Gasteiger partial charge is 0.273 e. The van der Waals surface area contributed by atoms with Crippen molar-refractivity contribution in [3.05, 3.63) is 0 Å². The second-order valence-corrected chi connectivity index (χ2v) is 8.12. The van der Waals surface area contributed by atoms with Crippen LogP contribution in [0.5, 0.6) is 0 Å². The zero-order valence-corrected chi connectivity index (χ0v) is 17.5. The van der Waals surface area contributed by atoms with Crippen LogP contribution in [-0.4, -0.2) is 11.6 Å². The third kappa shape index (κ3) is 14.3. The molecule has 0 aromatic heterocycles. The van der Waals surface area contributed by atoms with Gasteiger partial charge in [0, 0.05) is 12.1 Å². The fraction of sp³-hybridized carbons (Fsp3) is 0.913. The Bertz CT molecular complexity index is 357. The minimum atomic E-state index is 0.0964. The maximum atomic E-state index is 11.7. The van der Waals surface area contributed by atoms with E-state index < -0.39 is 0 Å². The van der Waals surface area contributed by atoms with Gasteiger partial charge in [-0.05, 0) is 32.1 Å². The van der Waals surface area contributed by atoms with Crippen molar-refractivity contribution in [3.63, 3.8) is 0 Å². The highest BCUT2D eigenvalue weighted by Gasteiger charge is 2.08. The minimum Gasteiger partial charge on any atom is -0.273 e. The van der Waals surface area contributed by atoms with Crippen molar-refractivity contribution in [2.24, 2.45) is 5.10 Å². The molecule has 26 heavy (non-hydrogen) atoms. The summed E-state index contributed by atoms with van der Waals surface area (Å²) in [4.78, 5) is 11.7. The van der Waals surface area contributed by atoms with Crippen LogP contribution in [0.4, 0.5) is 0 Å². The Balaban J connectivity index is 1.74. The summed E-state index contributed by atoms with van der Waals surface area (Å²) < 4.78 is 0. The summed E-state index contributed by atoms with van der Waals surface area (Å²) in [5, 5.41) is 4.23. The number of hydrogen-bond donors (Lipinski definition) is 1. The predicted octanol–water partition coefficient (Wildman–Crippen LogP) is 7.29. The quantitative estimate of drug-likeness (QED) is 0.213. The fourth-order valence-electron chi connectivity index (χ4n) is 3.75. The van der Waals surface area contributed by atoms with E-state index in [1.54, 1.807) is 0 Å². The molecule has 0 aromatic carbocycles. The van der Waals surface area contributed by atoms with E-state index in [0.717, 1.165) is 19.3 Å².